The van der Waals surface area contributed by atoms with Crippen LogP contribution in [0.15, 0.2) is 30.7 Å². The molecule has 10 heteroatoms. The maximum absolute atomic E-state index is 12.9. The van der Waals surface area contributed by atoms with Crippen molar-refractivity contribution in [3.63, 3.8) is 0 Å². The second-order valence-electron chi connectivity index (χ2n) is 8.21. The molecule has 0 atom stereocenters. The van der Waals surface area contributed by atoms with E-state index in [1.807, 2.05) is 13.0 Å². The summed E-state index contributed by atoms with van der Waals surface area (Å²) in [6, 6.07) is 5.66. The Bertz CT molecular complexity index is 1250. The van der Waals surface area contributed by atoms with Crippen LogP contribution in [0.4, 0.5) is 16.3 Å². The topological polar surface area (TPSA) is 129 Å². The zero-order valence-corrected chi connectivity index (χ0v) is 18.8. The summed E-state index contributed by atoms with van der Waals surface area (Å²) in [7, 11) is 0. The molecule has 1 aliphatic carbocycles. The zero-order chi connectivity index (χ0) is 23.7. The lowest BCUT2D eigenvalue weighted by molar-refractivity contribution is 0.0741. The number of aromatic nitrogens is 3. The van der Waals surface area contributed by atoms with Gasteiger partial charge in [0.2, 0.25) is 0 Å². The van der Waals surface area contributed by atoms with Crippen molar-refractivity contribution < 1.29 is 19.5 Å². The third kappa shape index (κ3) is 4.50. The van der Waals surface area contributed by atoms with Crippen LogP contribution < -0.4 is 10.6 Å². The second kappa shape index (κ2) is 8.89. The van der Waals surface area contributed by atoms with Crippen LogP contribution in [0.3, 0.4) is 0 Å². The number of hydrogen-bond donors (Lipinski definition) is 3. The number of carbonyl (C=O) groups excluding carboxylic acids is 2. The molecule has 0 radical (unpaired) electrons. The molecule has 10 nitrogen and oxygen atoms in total. The number of nitrogens with zero attached hydrogens (tertiary/aromatic N) is 4. The van der Waals surface area contributed by atoms with E-state index in [0.717, 1.165) is 23.3 Å². The molecular weight excluding hydrogens is 424 g/mol. The Morgan fingerprint density at radius 1 is 1.24 bits per heavy atom. The van der Waals surface area contributed by atoms with Gasteiger partial charge in [0.05, 0.1) is 5.56 Å². The lowest BCUT2D eigenvalue weighted by Crippen LogP contribution is -2.36. The molecule has 3 N–H and O–H groups in total. The lowest BCUT2D eigenvalue weighted by Gasteiger charge is -2.16. The van der Waals surface area contributed by atoms with E-state index in [4.69, 9.17) is 0 Å². The Kier molecular flexibility index (Phi) is 5.99. The fourth-order valence-electron chi connectivity index (χ4n) is 3.64. The standard InChI is InChI=1S/C23H26N6O4/c1-4-9-28(23(32)33)22(31)17-11-29-19(14(17)3)20(24-12-25-29)27-18-10-15(6-5-13(18)2)21(30)26-16-7-8-16/h5-6,10-12,16H,4,7-9H2,1-3H3,(H,26,30)(H,32,33)(H,24,25,27). The van der Waals surface area contributed by atoms with Crippen molar-refractivity contribution >= 4 is 34.9 Å². The van der Waals surface area contributed by atoms with Crippen LogP contribution in [0.1, 0.15) is 58.0 Å². The minimum atomic E-state index is -1.29. The molecule has 0 bridgehead atoms. The number of aryl methyl sites for hydroxylation is 2. The van der Waals surface area contributed by atoms with Crippen LogP contribution in [0.5, 0.6) is 0 Å². The molecule has 3 aromatic rings. The lowest BCUT2D eigenvalue weighted by atomic mass is 10.1. The summed E-state index contributed by atoms with van der Waals surface area (Å²) < 4.78 is 1.50. The van der Waals surface area contributed by atoms with Crippen molar-refractivity contribution in [3.8, 4) is 0 Å². The highest BCUT2D eigenvalue weighted by Crippen LogP contribution is 2.28. The molecule has 0 aliphatic heterocycles. The summed E-state index contributed by atoms with van der Waals surface area (Å²) >= 11 is 0. The first kappa shape index (κ1) is 22.3. The third-order valence-corrected chi connectivity index (χ3v) is 5.65. The maximum atomic E-state index is 12.9. The van der Waals surface area contributed by atoms with Gasteiger partial charge in [-0.2, -0.15) is 5.10 Å². The average Bonchev–Trinajstić information content (AvgIpc) is 3.53. The average molecular weight is 450 g/mol. The van der Waals surface area contributed by atoms with Crippen LogP contribution in [-0.4, -0.2) is 55.1 Å². The monoisotopic (exact) mass is 450 g/mol. The number of fused-ring (bicyclic) bond motifs is 1. The smallest absolute Gasteiger partial charge is 0.414 e. The van der Waals surface area contributed by atoms with E-state index < -0.39 is 12.0 Å². The predicted octanol–water partition coefficient (Wildman–Crippen LogP) is 3.51. The van der Waals surface area contributed by atoms with Gasteiger partial charge in [-0.15, -0.1) is 0 Å². The van der Waals surface area contributed by atoms with Crippen LogP contribution in [0.2, 0.25) is 0 Å². The van der Waals surface area contributed by atoms with E-state index in [2.05, 4.69) is 20.7 Å². The molecule has 4 rings (SSSR count). The number of benzene rings is 1. The molecule has 0 spiro atoms. The van der Waals surface area contributed by atoms with Crippen molar-refractivity contribution in [1.29, 1.82) is 0 Å². The van der Waals surface area contributed by atoms with Crippen molar-refractivity contribution in [2.45, 2.75) is 46.1 Å². The van der Waals surface area contributed by atoms with E-state index in [-0.39, 0.29) is 24.1 Å². The molecule has 2 heterocycles. The first-order valence-electron chi connectivity index (χ1n) is 10.9. The van der Waals surface area contributed by atoms with Gasteiger partial charge in [0.15, 0.2) is 5.82 Å². The number of carbonyl (C=O) groups is 3. The van der Waals surface area contributed by atoms with Crippen LogP contribution >= 0.6 is 0 Å². The van der Waals surface area contributed by atoms with Gasteiger partial charge in [-0.25, -0.2) is 19.2 Å². The van der Waals surface area contributed by atoms with Crippen molar-refractivity contribution in [1.82, 2.24) is 24.8 Å². The molecule has 172 valence electrons. The minimum Gasteiger partial charge on any atom is -0.465 e. The first-order chi connectivity index (χ1) is 15.8. The summed E-state index contributed by atoms with van der Waals surface area (Å²) in [5, 5.41) is 19.9. The molecule has 0 saturated heterocycles. The molecule has 1 fully saturated rings. The molecule has 1 aromatic carbocycles. The molecule has 2 aromatic heterocycles. The van der Waals surface area contributed by atoms with E-state index in [1.54, 1.807) is 26.0 Å². The molecule has 3 amide bonds. The Morgan fingerprint density at radius 3 is 2.67 bits per heavy atom. The summed E-state index contributed by atoms with van der Waals surface area (Å²) in [6.45, 7) is 5.56. The van der Waals surface area contributed by atoms with Crippen LogP contribution in [0, 0.1) is 13.8 Å². The van der Waals surface area contributed by atoms with E-state index in [0.29, 0.717) is 34.6 Å². The highest BCUT2D eigenvalue weighted by atomic mass is 16.4. The Labute approximate surface area is 190 Å². The second-order valence-corrected chi connectivity index (χ2v) is 8.21. The van der Waals surface area contributed by atoms with Gasteiger partial charge in [0.25, 0.3) is 11.8 Å². The zero-order valence-electron chi connectivity index (χ0n) is 18.8. The normalized spacial score (nSPS) is 13.1. The quantitative estimate of drug-likeness (QED) is 0.502. The van der Waals surface area contributed by atoms with Gasteiger partial charge < -0.3 is 15.7 Å². The molecule has 1 aliphatic rings. The van der Waals surface area contributed by atoms with Gasteiger partial charge in [-0.05, 0) is 56.4 Å². The summed E-state index contributed by atoms with van der Waals surface area (Å²) in [5.41, 5.74) is 3.50. The maximum Gasteiger partial charge on any atom is 0.414 e. The van der Waals surface area contributed by atoms with E-state index in [9.17, 15) is 19.5 Å². The first-order valence-corrected chi connectivity index (χ1v) is 10.9. The summed E-state index contributed by atoms with van der Waals surface area (Å²) in [4.78, 5) is 42.1. The SMILES string of the molecule is CCCN(C(=O)O)C(=O)c1cn2ncnc(Nc3cc(C(=O)NC4CC4)ccc3C)c2c1C. The van der Waals surface area contributed by atoms with Gasteiger partial charge in [0, 0.05) is 30.0 Å². The number of anilines is 2. The van der Waals surface area contributed by atoms with Gasteiger partial charge in [-0.1, -0.05) is 13.0 Å². The third-order valence-electron chi connectivity index (χ3n) is 5.65. The number of nitrogens with one attached hydrogen (secondary N) is 2. The summed E-state index contributed by atoms with van der Waals surface area (Å²) in [6.07, 6.45) is 4.10. The predicted molar refractivity (Wildman–Crippen MR) is 122 cm³/mol. The van der Waals surface area contributed by atoms with Gasteiger partial charge in [0.1, 0.15) is 11.8 Å². The molecule has 1 saturated carbocycles. The Hall–Kier alpha value is -3.95. The van der Waals surface area contributed by atoms with Crippen LogP contribution in [-0.2, 0) is 0 Å². The van der Waals surface area contributed by atoms with Crippen molar-refractivity contribution in [2.75, 3.05) is 11.9 Å². The Balaban J connectivity index is 1.69. The molecular formula is C23H26N6O4. The molecule has 33 heavy (non-hydrogen) atoms. The Morgan fingerprint density at radius 2 is 2.00 bits per heavy atom. The highest BCUT2D eigenvalue weighted by Gasteiger charge is 2.27. The van der Waals surface area contributed by atoms with Gasteiger partial charge >= 0.3 is 6.09 Å². The van der Waals surface area contributed by atoms with Gasteiger partial charge in [-0.3, -0.25) is 9.59 Å². The number of hydrogen-bond acceptors (Lipinski definition) is 6. The number of carboxylic acid groups (broad SMARTS) is 1. The van der Waals surface area contributed by atoms with Crippen molar-refractivity contribution in [3.05, 3.63) is 53.0 Å². The number of rotatable bonds is 7. The fraction of sp³-hybridized carbons (Fsp3) is 0.348. The van der Waals surface area contributed by atoms with Crippen molar-refractivity contribution in [2.24, 2.45) is 0 Å². The number of amides is 3. The van der Waals surface area contributed by atoms with E-state index >= 15 is 0 Å². The number of imide groups is 1. The highest BCUT2D eigenvalue weighted by molar-refractivity contribution is 6.05. The van der Waals surface area contributed by atoms with E-state index in [1.165, 1.54) is 17.0 Å². The fourth-order valence-corrected chi connectivity index (χ4v) is 3.64. The molecule has 0 unspecified atom stereocenters. The minimum absolute atomic E-state index is 0.103. The summed E-state index contributed by atoms with van der Waals surface area (Å²) in [5.74, 6) is -0.278. The van der Waals surface area contributed by atoms with Crippen LogP contribution in [0.25, 0.3) is 5.52 Å². The largest absolute Gasteiger partial charge is 0.465 e.